The fraction of sp³-hybridized carbons (Fsp3) is 0.0435. The number of hydrogen-bond acceptors (Lipinski definition) is 4. The van der Waals surface area contributed by atoms with E-state index >= 15 is 0 Å². The lowest BCUT2D eigenvalue weighted by Crippen LogP contribution is -1.92. The van der Waals surface area contributed by atoms with Crippen molar-refractivity contribution >= 4 is 43.6 Å². The van der Waals surface area contributed by atoms with Gasteiger partial charge in [0, 0.05) is 92.4 Å². The van der Waals surface area contributed by atoms with Gasteiger partial charge in [-0.2, -0.15) is 0 Å². The molecule has 6 heteroatoms. The zero-order chi connectivity index (χ0) is 34.8. The average Bonchev–Trinajstić information content (AvgIpc) is 3.66. The van der Waals surface area contributed by atoms with Gasteiger partial charge in [0.2, 0.25) is 0 Å². The molecule has 0 spiro atoms. The second-order valence-electron chi connectivity index (χ2n) is 13.3. The highest BCUT2D eigenvalue weighted by Gasteiger charge is 2.15. The van der Waals surface area contributed by atoms with Crippen LogP contribution in [-0.4, -0.2) is 29.1 Å². The Labute approximate surface area is 300 Å². The molecule has 0 amide bonds. The highest BCUT2D eigenvalue weighted by Crippen LogP contribution is 2.36. The molecule has 6 heterocycles. The molecule has 52 heavy (non-hydrogen) atoms. The summed E-state index contributed by atoms with van der Waals surface area (Å²) in [4.78, 5) is 19.5. The number of pyridine rings is 4. The Kier molecular flexibility index (Phi) is 6.83. The van der Waals surface area contributed by atoms with E-state index in [1.54, 1.807) is 0 Å². The number of hydrogen-bond donors (Lipinski definition) is 0. The summed E-state index contributed by atoms with van der Waals surface area (Å²) in [6, 6.07) is 50.8. The van der Waals surface area contributed by atoms with Crippen molar-refractivity contribution in [3.8, 4) is 56.4 Å². The van der Waals surface area contributed by atoms with Crippen LogP contribution in [-0.2, 0) is 14.1 Å². The number of aromatic nitrogens is 6. The fourth-order valence-corrected chi connectivity index (χ4v) is 7.62. The summed E-state index contributed by atoms with van der Waals surface area (Å²) in [5.41, 5.74) is 14.5. The first-order valence-corrected chi connectivity index (χ1v) is 17.4. The minimum atomic E-state index is 0.834. The lowest BCUT2D eigenvalue weighted by atomic mass is 10.0. The monoisotopic (exact) mass is 668 g/mol. The summed E-state index contributed by atoms with van der Waals surface area (Å²) in [6.45, 7) is 0. The van der Waals surface area contributed by atoms with Crippen LogP contribution in [0.15, 0.2) is 158 Å². The molecular weight excluding hydrogens is 637 g/mol. The van der Waals surface area contributed by atoms with Gasteiger partial charge in [-0.05, 0) is 97.1 Å². The van der Waals surface area contributed by atoms with E-state index in [-0.39, 0.29) is 0 Å². The third-order valence-electron chi connectivity index (χ3n) is 10.3. The van der Waals surface area contributed by atoms with Crippen molar-refractivity contribution in [1.82, 2.24) is 29.1 Å². The van der Waals surface area contributed by atoms with Gasteiger partial charge in [0.05, 0.1) is 34.2 Å². The van der Waals surface area contributed by atoms with Crippen molar-refractivity contribution < 1.29 is 0 Å². The second kappa shape index (κ2) is 11.9. The van der Waals surface area contributed by atoms with E-state index in [4.69, 9.17) is 9.97 Å². The zero-order valence-corrected chi connectivity index (χ0v) is 28.7. The first kappa shape index (κ1) is 29.9. The van der Waals surface area contributed by atoms with Gasteiger partial charge in [0.15, 0.2) is 0 Å². The molecule has 0 fully saturated rings. The smallest absolute Gasteiger partial charge is 0.0893 e. The molecule has 0 saturated carbocycles. The summed E-state index contributed by atoms with van der Waals surface area (Å²) in [5.74, 6) is 0. The third-order valence-corrected chi connectivity index (χ3v) is 10.3. The maximum atomic E-state index is 5.15. The number of aryl methyl sites for hydroxylation is 2. The van der Waals surface area contributed by atoms with Crippen molar-refractivity contribution in [3.05, 3.63) is 158 Å². The number of fused-ring (bicyclic) bond motifs is 6. The standard InChI is InChI=1S/C46H32N6/c1-51-43-19-15-29(37-9-3-5-23-47-37)25-33(43)35-27-31(17-21-45(35)51)39-11-7-13-41(49-39)42-14-8-12-40(50-42)32-18-22-46-36(28-32)34-26-30(16-20-44(34)52(46)2)38-10-4-6-24-48-38/h3-28H,1-2H3. The number of benzene rings is 4. The van der Waals surface area contributed by atoms with Crippen LogP contribution in [0.3, 0.4) is 0 Å². The summed E-state index contributed by atoms with van der Waals surface area (Å²) >= 11 is 0. The summed E-state index contributed by atoms with van der Waals surface area (Å²) in [5, 5.41) is 4.78. The zero-order valence-electron chi connectivity index (χ0n) is 28.7. The average molecular weight is 669 g/mol. The Hall–Kier alpha value is -6.92. The Bertz CT molecular complexity index is 2770. The molecule has 0 aliphatic heterocycles. The normalized spacial score (nSPS) is 11.7. The molecule has 0 atom stereocenters. The summed E-state index contributed by atoms with van der Waals surface area (Å²) in [7, 11) is 4.25. The molecule has 0 bridgehead atoms. The highest BCUT2D eigenvalue weighted by molar-refractivity contribution is 6.11. The van der Waals surface area contributed by atoms with E-state index in [0.29, 0.717) is 0 Å². The molecular formula is C46H32N6. The molecule has 0 radical (unpaired) electrons. The van der Waals surface area contributed by atoms with Crippen LogP contribution >= 0.6 is 0 Å². The Morgan fingerprint density at radius 1 is 0.327 bits per heavy atom. The van der Waals surface area contributed by atoms with Crippen LogP contribution in [0.5, 0.6) is 0 Å². The van der Waals surface area contributed by atoms with Gasteiger partial charge in [0.25, 0.3) is 0 Å². The van der Waals surface area contributed by atoms with Crippen molar-refractivity contribution in [2.24, 2.45) is 14.1 Å². The maximum absolute atomic E-state index is 5.15. The van der Waals surface area contributed by atoms with Crippen LogP contribution in [0.1, 0.15) is 0 Å². The van der Waals surface area contributed by atoms with Crippen LogP contribution in [0.2, 0.25) is 0 Å². The lowest BCUT2D eigenvalue weighted by molar-refractivity contribution is 1.01. The van der Waals surface area contributed by atoms with Gasteiger partial charge in [0.1, 0.15) is 0 Å². The van der Waals surface area contributed by atoms with Crippen LogP contribution in [0.4, 0.5) is 0 Å². The lowest BCUT2D eigenvalue weighted by Gasteiger charge is -2.08. The first-order valence-electron chi connectivity index (χ1n) is 17.4. The van der Waals surface area contributed by atoms with Crippen LogP contribution in [0, 0.1) is 0 Å². The van der Waals surface area contributed by atoms with E-state index in [2.05, 4.69) is 142 Å². The molecule has 0 N–H and O–H groups in total. The van der Waals surface area contributed by atoms with Crippen LogP contribution in [0.25, 0.3) is 100 Å². The molecule has 0 saturated heterocycles. The minimum Gasteiger partial charge on any atom is -0.344 e. The molecule has 6 aromatic heterocycles. The predicted octanol–water partition coefficient (Wildman–Crippen LogP) is 10.9. The molecule has 0 aliphatic rings. The Morgan fingerprint density at radius 3 is 1.00 bits per heavy atom. The quantitative estimate of drug-likeness (QED) is 0.183. The Balaban J connectivity index is 1.02. The first-order chi connectivity index (χ1) is 25.6. The third kappa shape index (κ3) is 4.88. The van der Waals surface area contributed by atoms with Gasteiger partial charge >= 0.3 is 0 Å². The molecule has 10 rings (SSSR count). The number of rotatable bonds is 5. The van der Waals surface area contributed by atoms with Gasteiger partial charge < -0.3 is 9.13 Å². The summed E-state index contributed by atoms with van der Waals surface area (Å²) in [6.07, 6.45) is 3.68. The second-order valence-corrected chi connectivity index (χ2v) is 13.3. The summed E-state index contributed by atoms with van der Waals surface area (Å²) < 4.78 is 4.51. The van der Waals surface area contributed by atoms with Crippen molar-refractivity contribution in [2.75, 3.05) is 0 Å². The minimum absolute atomic E-state index is 0.834. The van der Waals surface area contributed by atoms with E-state index in [9.17, 15) is 0 Å². The van der Waals surface area contributed by atoms with E-state index in [1.807, 2.05) is 48.8 Å². The molecule has 4 aromatic carbocycles. The van der Waals surface area contributed by atoms with E-state index < -0.39 is 0 Å². The van der Waals surface area contributed by atoms with Crippen LogP contribution < -0.4 is 0 Å². The molecule has 0 unspecified atom stereocenters. The largest absolute Gasteiger partial charge is 0.344 e. The highest BCUT2D eigenvalue weighted by atomic mass is 14.9. The predicted molar refractivity (Wildman–Crippen MR) is 213 cm³/mol. The molecule has 0 aliphatic carbocycles. The number of nitrogens with zero attached hydrogens (tertiary/aromatic N) is 6. The molecule has 10 aromatic rings. The van der Waals surface area contributed by atoms with Crippen molar-refractivity contribution in [2.45, 2.75) is 0 Å². The fourth-order valence-electron chi connectivity index (χ4n) is 7.62. The Morgan fingerprint density at radius 2 is 0.654 bits per heavy atom. The van der Waals surface area contributed by atoms with Gasteiger partial charge in [-0.25, -0.2) is 9.97 Å². The topological polar surface area (TPSA) is 61.4 Å². The molecule has 246 valence electrons. The van der Waals surface area contributed by atoms with Gasteiger partial charge in [-0.15, -0.1) is 0 Å². The SMILES string of the molecule is Cn1c2ccc(-c3ccccn3)cc2c2cc(-c3cccc(-c4cccc(-c5ccc6c(c5)c5cc(-c7ccccn7)ccc5n6C)n4)n3)ccc21. The van der Waals surface area contributed by atoms with Crippen molar-refractivity contribution in [1.29, 1.82) is 0 Å². The molecule has 6 nitrogen and oxygen atoms in total. The van der Waals surface area contributed by atoms with E-state index in [0.717, 1.165) is 56.4 Å². The van der Waals surface area contributed by atoms with Gasteiger partial charge in [-0.3, -0.25) is 9.97 Å². The maximum Gasteiger partial charge on any atom is 0.0893 e. The van der Waals surface area contributed by atoms with Gasteiger partial charge in [-0.1, -0.05) is 48.5 Å². The van der Waals surface area contributed by atoms with E-state index in [1.165, 1.54) is 43.6 Å². The van der Waals surface area contributed by atoms with Crippen molar-refractivity contribution in [3.63, 3.8) is 0 Å².